The fourth-order valence-electron chi connectivity index (χ4n) is 3.00. The van der Waals surface area contributed by atoms with Crippen LogP contribution in [-0.2, 0) is 30.6 Å². The van der Waals surface area contributed by atoms with E-state index in [9.17, 15) is 18.0 Å². The number of rotatable bonds is 6. The van der Waals surface area contributed by atoms with Crippen molar-refractivity contribution >= 4 is 43.5 Å². The first-order valence-electron chi connectivity index (χ1n) is 8.68. The Kier molecular flexibility index (Phi) is 6.19. The number of ether oxygens (including phenoxy) is 1. The van der Waals surface area contributed by atoms with E-state index in [0.717, 1.165) is 10.0 Å². The Hall–Kier alpha value is -2.20. The number of benzene rings is 1. The van der Waals surface area contributed by atoms with E-state index < -0.39 is 28.3 Å². The number of amides is 1. The molecule has 2 aromatic rings. The monoisotopic (exact) mass is 469 g/mol. The average molecular weight is 470 g/mol. The van der Waals surface area contributed by atoms with Crippen LogP contribution in [0.2, 0.25) is 0 Å². The van der Waals surface area contributed by atoms with Gasteiger partial charge in [-0.3, -0.25) is 9.59 Å². The third-order valence-corrected chi connectivity index (χ3v) is 6.58. The maximum Gasteiger partial charge on any atom is 0.310 e. The maximum absolute atomic E-state index is 12.2. The first-order valence-corrected chi connectivity index (χ1v) is 11.3. The van der Waals surface area contributed by atoms with Gasteiger partial charge in [-0.2, -0.15) is 5.10 Å². The SMILES string of the molecule is Cc1cc(NC(=O)COC(=O)Cc2ccc(Br)cc2)n(C2CCS(=O)(=O)C2)n1. The summed E-state index contributed by atoms with van der Waals surface area (Å²) in [6.45, 7) is 1.33. The van der Waals surface area contributed by atoms with E-state index in [1.54, 1.807) is 25.1 Å². The highest BCUT2D eigenvalue weighted by atomic mass is 79.9. The number of nitrogens with one attached hydrogen (secondary N) is 1. The lowest BCUT2D eigenvalue weighted by atomic mass is 10.2. The molecule has 1 atom stereocenters. The van der Waals surface area contributed by atoms with Crippen LogP contribution in [0.3, 0.4) is 0 Å². The van der Waals surface area contributed by atoms with Crippen LogP contribution in [0.15, 0.2) is 34.8 Å². The number of aryl methyl sites for hydroxylation is 1. The van der Waals surface area contributed by atoms with Crippen molar-refractivity contribution in [2.75, 3.05) is 23.4 Å². The zero-order valence-corrected chi connectivity index (χ0v) is 17.6. The maximum atomic E-state index is 12.2. The molecule has 1 aromatic heterocycles. The highest BCUT2D eigenvalue weighted by molar-refractivity contribution is 9.10. The standard InChI is InChI=1S/C18H20BrN3O5S/c1-12-8-16(22(21-12)15-6-7-28(25,26)11-15)20-17(23)10-27-18(24)9-13-2-4-14(19)5-3-13/h2-5,8,15H,6-7,9-11H2,1H3,(H,20,23). The van der Waals surface area contributed by atoms with Crippen molar-refractivity contribution in [3.8, 4) is 0 Å². The van der Waals surface area contributed by atoms with Gasteiger partial charge < -0.3 is 10.1 Å². The van der Waals surface area contributed by atoms with Gasteiger partial charge in [0.1, 0.15) is 5.82 Å². The fraction of sp³-hybridized carbons (Fsp3) is 0.389. The van der Waals surface area contributed by atoms with E-state index in [2.05, 4.69) is 26.3 Å². The van der Waals surface area contributed by atoms with Crippen molar-refractivity contribution < 1.29 is 22.7 Å². The molecule has 10 heteroatoms. The molecule has 28 heavy (non-hydrogen) atoms. The Morgan fingerprint density at radius 3 is 2.68 bits per heavy atom. The lowest BCUT2D eigenvalue weighted by molar-refractivity contribution is -0.146. The number of hydrogen-bond donors (Lipinski definition) is 1. The van der Waals surface area contributed by atoms with E-state index in [1.165, 1.54) is 4.68 Å². The van der Waals surface area contributed by atoms with Gasteiger partial charge in [0.05, 0.1) is 29.7 Å². The van der Waals surface area contributed by atoms with Gasteiger partial charge in [0, 0.05) is 10.5 Å². The quantitative estimate of drug-likeness (QED) is 0.648. The predicted molar refractivity (Wildman–Crippen MR) is 107 cm³/mol. The van der Waals surface area contributed by atoms with Gasteiger partial charge in [-0.15, -0.1) is 0 Å². The lowest BCUT2D eigenvalue weighted by Gasteiger charge is -2.13. The minimum Gasteiger partial charge on any atom is -0.455 e. The molecule has 1 aliphatic heterocycles. The molecule has 1 unspecified atom stereocenters. The summed E-state index contributed by atoms with van der Waals surface area (Å²) in [5, 5.41) is 6.94. The summed E-state index contributed by atoms with van der Waals surface area (Å²) < 4.78 is 30.9. The van der Waals surface area contributed by atoms with Crippen molar-refractivity contribution in [3.05, 3.63) is 46.1 Å². The van der Waals surface area contributed by atoms with Crippen molar-refractivity contribution in [1.29, 1.82) is 0 Å². The van der Waals surface area contributed by atoms with E-state index in [4.69, 9.17) is 4.74 Å². The molecule has 1 aromatic carbocycles. The number of esters is 1. The van der Waals surface area contributed by atoms with Crippen LogP contribution in [0, 0.1) is 6.92 Å². The molecule has 1 amide bonds. The molecule has 0 bridgehead atoms. The van der Waals surface area contributed by atoms with Gasteiger partial charge in [-0.25, -0.2) is 13.1 Å². The number of hydrogen-bond acceptors (Lipinski definition) is 6. The molecular formula is C18H20BrN3O5S. The molecule has 0 radical (unpaired) electrons. The Morgan fingerprint density at radius 2 is 2.04 bits per heavy atom. The Bertz CT molecular complexity index is 985. The van der Waals surface area contributed by atoms with Crippen LogP contribution in [0.5, 0.6) is 0 Å². The first-order chi connectivity index (χ1) is 13.2. The number of aromatic nitrogens is 2. The second-order valence-corrected chi connectivity index (χ2v) is 9.83. The molecule has 1 N–H and O–H groups in total. The molecule has 150 valence electrons. The van der Waals surface area contributed by atoms with Crippen molar-refractivity contribution in [2.45, 2.75) is 25.8 Å². The largest absolute Gasteiger partial charge is 0.455 e. The fourth-order valence-corrected chi connectivity index (χ4v) is 4.96. The second-order valence-electron chi connectivity index (χ2n) is 6.68. The Labute approximate surface area is 171 Å². The van der Waals surface area contributed by atoms with Crippen LogP contribution >= 0.6 is 15.9 Å². The highest BCUT2D eigenvalue weighted by Crippen LogP contribution is 2.27. The molecule has 0 saturated carbocycles. The summed E-state index contributed by atoms with van der Waals surface area (Å²) in [6, 6.07) is 8.58. The van der Waals surface area contributed by atoms with E-state index >= 15 is 0 Å². The molecule has 0 spiro atoms. The number of sulfone groups is 1. The van der Waals surface area contributed by atoms with Crippen molar-refractivity contribution in [2.24, 2.45) is 0 Å². The highest BCUT2D eigenvalue weighted by Gasteiger charge is 2.31. The molecule has 0 aliphatic carbocycles. The topological polar surface area (TPSA) is 107 Å². The minimum absolute atomic E-state index is 0.000827. The number of anilines is 1. The molecule has 1 saturated heterocycles. The summed E-state index contributed by atoms with van der Waals surface area (Å²) in [7, 11) is -3.08. The Balaban J connectivity index is 1.55. The molecule has 2 heterocycles. The summed E-state index contributed by atoms with van der Waals surface area (Å²) in [5.41, 5.74) is 1.44. The van der Waals surface area contributed by atoms with Crippen LogP contribution < -0.4 is 5.32 Å². The molecule has 1 fully saturated rings. The molecule has 3 rings (SSSR count). The van der Waals surface area contributed by atoms with E-state index in [0.29, 0.717) is 17.9 Å². The van der Waals surface area contributed by atoms with E-state index in [1.807, 2.05) is 12.1 Å². The van der Waals surface area contributed by atoms with Gasteiger partial charge in [0.25, 0.3) is 5.91 Å². The second kappa shape index (κ2) is 8.44. The van der Waals surface area contributed by atoms with Crippen LogP contribution in [0.25, 0.3) is 0 Å². The zero-order valence-electron chi connectivity index (χ0n) is 15.2. The minimum atomic E-state index is -3.08. The normalized spacial score (nSPS) is 18.0. The summed E-state index contributed by atoms with van der Waals surface area (Å²) in [6.07, 6.45) is 0.520. The third-order valence-electron chi connectivity index (χ3n) is 4.31. The molecule has 8 nitrogen and oxygen atoms in total. The zero-order chi connectivity index (χ0) is 20.3. The lowest BCUT2D eigenvalue weighted by Crippen LogP contribution is -2.24. The van der Waals surface area contributed by atoms with Crippen LogP contribution in [0.4, 0.5) is 5.82 Å². The van der Waals surface area contributed by atoms with Gasteiger partial charge in [-0.1, -0.05) is 28.1 Å². The number of nitrogens with zero attached hydrogens (tertiary/aromatic N) is 2. The van der Waals surface area contributed by atoms with Crippen LogP contribution in [-0.4, -0.2) is 48.2 Å². The van der Waals surface area contributed by atoms with Crippen LogP contribution in [0.1, 0.15) is 23.7 Å². The number of halogens is 1. The van der Waals surface area contributed by atoms with Gasteiger partial charge in [0.15, 0.2) is 16.4 Å². The number of carbonyl (C=O) groups excluding carboxylic acids is 2. The van der Waals surface area contributed by atoms with Gasteiger partial charge in [-0.05, 0) is 31.0 Å². The summed E-state index contributed by atoms with van der Waals surface area (Å²) >= 11 is 3.32. The summed E-state index contributed by atoms with van der Waals surface area (Å²) in [4.78, 5) is 24.1. The summed E-state index contributed by atoms with van der Waals surface area (Å²) in [5.74, 6) is -0.514. The molecule has 1 aliphatic rings. The van der Waals surface area contributed by atoms with Gasteiger partial charge >= 0.3 is 5.97 Å². The predicted octanol–water partition coefficient (Wildman–Crippen LogP) is 2.04. The van der Waals surface area contributed by atoms with Crippen molar-refractivity contribution in [1.82, 2.24) is 9.78 Å². The smallest absolute Gasteiger partial charge is 0.310 e. The number of carbonyl (C=O) groups is 2. The van der Waals surface area contributed by atoms with Crippen molar-refractivity contribution in [3.63, 3.8) is 0 Å². The third kappa shape index (κ3) is 5.41. The Morgan fingerprint density at radius 1 is 1.32 bits per heavy atom. The average Bonchev–Trinajstić information content (AvgIpc) is 3.16. The van der Waals surface area contributed by atoms with Gasteiger partial charge in [0.2, 0.25) is 0 Å². The molecular weight excluding hydrogens is 450 g/mol. The van der Waals surface area contributed by atoms with E-state index in [-0.39, 0.29) is 24.0 Å². The first kappa shape index (κ1) is 20.5.